The molecule has 0 spiro atoms. The fraction of sp³-hybridized carbons (Fsp3) is 0.125. The molecule has 18 heavy (non-hydrogen) atoms. The van der Waals surface area contributed by atoms with Crippen molar-refractivity contribution in [2.24, 2.45) is 10.8 Å². The maximum Gasteiger partial charge on any atom is 0.269 e. The van der Waals surface area contributed by atoms with Crippen LogP contribution in [0.3, 0.4) is 0 Å². The quantitative estimate of drug-likeness (QED) is 0.269. The van der Waals surface area contributed by atoms with Crippen LogP contribution in [0.15, 0.2) is 29.4 Å². The van der Waals surface area contributed by atoms with Gasteiger partial charge in [0.2, 0.25) is 6.29 Å². The Balaban J connectivity index is 2.52. The Labute approximate surface area is 101 Å². The Hall–Kier alpha value is -2.75. The third-order valence-corrected chi connectivity index (χ3v) is 1.78. The van der Waals surface area contributed by atoms with Crippen LogP contribution in [0.25, 0.3) is 0 Å². The van der Waals surface area contributed by atoms with E-state index in [0.717, 1.165) is 0 Å². The van der Waals surface area contributed by atoms with Crippen LogP contribution in [0.4, 0.5) is 5.69 Å². The molecular formula is C8H10N6O4. The molecule has 1 atom stereocenters. The zero-order valence-electron chi connectivity index (χ0n) is 9.02. The van der Waals surface area contributed by atoms with Crippen LogP contribution in [0.2, 0.25) is 0 Å². The van der Waals surface area contributed by atoms with Gasteiger partial charge in [-0.2, -0.15) is 5.10 Å². The summed E-state index contributed by atoms with van der Waals surface area (Å²) in [6.45, 7) is 0. The van der Waals surface area contributed by atoms with Gasteiger partial charge in [-0.15, -0.1) is 5.43 Å². The number of hydrogen-bond donors (Lipinski definition) is 3. The van der Waals surface area contributed by atoms with Gasteiger partial charge in [-0.3, -0.25) is 21.3 Å². The van der Waals surface area contributed by atoms with Gasteiger partial charge in [0.1, 0.15) is 0 Å². The molecule has 0 aliphatic carbocycles. The van der Waals surface area contributed by atoms with E-state index in [1.165, 1.54) is 30.5 Å². The number of nitrogens with two attached hydrogens (primary N) is 1. The van der Waals surface area contributed by atoms with Crippen molar-refractivity contribution in [3.8, 4) is 0 Å². The van der Waals surface area contributed by atoms with Gasteiger partial charge < -0.3 is 0 Å². The average Bonchev–Trinajstić information content (AvgIpc) is 2.28. The normalized spacial score (nSPS) is 12.1. The summed E-state index contributed by atoms with van der Waals surface area (Å²) in [5.74, 6) is 0. The first kappa shape index (κ1) is 13.3. The number of nitro groups is 2. The number of benzene rings is 1. The third-order valence-electron chi connectivity index (χ3n) is 1.78. The topological polar surface area (TPSA) is 149 Å². The Morgan fingerprint density at radius 2 is 1.89 bits per heavy atom. The maximum atomic E-state index is 10.4. The molecule has 10 nitrogen and oxygen atoms in total. The summed E-state index contributed by atoms with van der Waals surface area (Å²) < 4.78 is 0. The maximum absolute atomic E-state index is 10.4. The number of hydrazine groups is 1. The van der Waals surface area contributed by atoms with E-state index in [4.69, 9.17) is 5.73 Å². The van der Waals surface area contributed by atoms with Gasteiger partial charge in [-0.1, -0.05) is 0 Å². The zero-order chi connectivity index (χ0) is 13.5. The number of hydrogen-bond acceptors (Lipinski definition) is 7. The highest BCUT2D eigenvalue weighted by molar-refractivity contribution is 5.79. The summed E-state index contributed by atoms with van der Waals surface area (Å²) in [5, 5.41) is 23.2. The van der Waals surface area contributed by atoms with Crippen LogP contribution < -0.4 is 16.6 Å². The summed E-state index contributed by atoms with van der Waals surface area (Å²) >= 11 is 0. The number of nitro benzene ring substituents is 1. The molecule has 0 saturated heterocycles. The van der Waals surface area contributed by atoms with Gasteiger partial charge in [-0.25, -0.2) is 10.1 Å². The zero-order valence-corrected chi connectivity index (χ0v) is 9.02. The summed E-state index contributed by atoms with van der Waals surface area (Å²) in [4.78, 5) is 19.9. The molecule has 10 heteroatoms. The van der Waals surface area contributed by atoms with Crippen LogP contribution in [-0.4, -0.2) is 22.5 Å². The van der Waals surface area contributed by atoms with Crippen LogP contribution in [0.1, 0.15) is 5.56 Å². The lowest BCUT2D eigenvalue weighted by Crippen LogP contribution is -2.49. The second-order valence-corrected chi connectivity index (χ2v) is 3.10. The summed E-state index contributed by atoms with van der Waals surface area (Å²) in [6, 6.07) is 5.60. The van der Waals surface area contributed by atoms with Gasteiger partial charge in [-0.05, 0) is 17.7 Å². The molecule has 1 aromatic carbocycles. The first-order valence-electron chi connectivity index (χ1n) is 4.68. The minimum absolute atomic E-state index is 0.0353. The number of hydrazone groups is 1. The second-order valence-electron chi connectivity index (χ2n) is 3.10. The molecule has 0 amide bonds. The molecule has 0 aliphatic heterocycles. The highest BCUT2D eigenvalue weighted by atomic mass is 16.7. The molecular weight excluding hydrogens is 244 g/mol. The first-order chi connectivity index (χ1) is 8.49. The molecule has 1 aromatic rings. The number of rotatable bonds is 6. The summed E-state index contributed by atoms with van der Waals surface area (Å²) in [5.41, 5.74) is 9.78. The van der Waals surface area contributed by atoms with E-state index in [1.54, 1.807) is 5.43 Å². The van der Waals surface area contributed by atoms with Crippen molar-refractivity contribution in [2.75, 3.05) is 0 Å². The fourth-order valence-corrected chi connectivity index (χ4v) is 1.02. The lowest BCUT2D eigenvalue weighted by Gasteiger charge is -2.06. The Morgan fingerprint density at radius 3 is 2.39 bits per heavy atom. The van der Waals surface area contributed by atoms with Crippen molar-refractivity contribution in [1.82, 2.24) is 10.9 Å². The highest BCUT2D eigenvalue weighted by Gasteiger charge is 2.04. The molecule has 0 fully saturated rings. The van der Waals surface area contributed by atoms with Gasteiger partial charge >= 0.3 is 0 Å². The molecule has 4 N–H and O–H groups in total. The predicted molar refractivity (Wildman–Crippen MR) is 61.9 cm³/mol. The van der Waals surface area contributed by atoms with Crippen LogP contribution in [0.5, 0.6) is 0 Å². The predicted octanol–water partition coefficient (Wildman–Crippen LogP) is -0.458. The van der Waals surface area contributed by atoms with E-state index in [0.29, 0.717) is 5.56 Å². The van der Waals surface area contributed by atoms with Gasteiger partial charge in [0, 0.05) is 12.1 Å². The van der Waals surface area contributed by atoms with Gasteiger partial charge in [0.05, 0.1) is 11.1 Å². The van der Waals surface area contributed by atoms with Crippen molar-refractivity contribution in [1.29, 1.82) is 0 Å². The number of nitrogens with zero attached hydrogens (tertiary/aromatic N) is 3. The molecule has 0 aliphatic rings. The van der Waals surface area contributed by atoms with Crippen molar-refractivity contribution >= 4 is 11.9 Å². The van der Waals surface area contributed by atoms with E-state index >= 15 is 0 Å². The van der Waals surface area contributed by atoms with Crippen LogP contribution >= 0.6 is 0 Å². The summed E-state index contributed by atoms with van der Waals surface area (Å²) in [7, 11) is 0. The third kappa shape index (κ3) is 4.40. The molecule has 0 saturated carbocycles. The molecule has 0 radical (unpaired) electrons. The minimum Gasteiger partial charge on any atom is -0.289 e. The first-order valence-corrected chi connectivity index (χ1v) is 4.68. The molecule has 0 heterocycles. The van der Waals surface area contributed by atoms with Crippen LogP contribution in [-0.2, 0) is 0 Å². The molecule has 0 bridgehead atoms. The molecule has 0 unspecified atom stereocenters. The SMILES string of the molecule is N[C@H](N/N=C\c1ccc([N+](=O)[O-])cc1)N[N+](=O)[O-]. The highest BCUT2D eigenvalue weighted by Crippen LogP contribution is 2.10. The Kier molecular flexibility index (Phi) is 4.51. The van der Waals surface area contributed by atoms with E-state index in [2.05, 4.69) is 10.5 Å². The van der Waals surface area contributed by atoms with E-state index < -0.39 is 16.2 Å². The van der Waals surface area contributed by atoms with E-state index in [1.807, 2.05) is 0 Å². The van der Waals surface area contributed by atoms with E-state index in [-0.39, 0.29) is 5.69 Å². The second kappa shape index (κ2) is 6.10. The van der Waals surface area contributed by atoms with Crippen molar-refractivity contribution in [2.45, 2.75) is 6.29 Å². The lowest BCUT2D eigenvalue weighted by molar-refractivity contribution is -0.552. The van der Waals surface area contributed by atoms with Crippen molar-refractivity contribution in [3.05, 3.63) is 50.1 Å². The van der Waals surface area contributed by atoms with Gasteiger partial charge in [0.15, 0.2) is 5.03 Å². The van der Waals surface area contributed by atoms with E-state index in [9.17, 15) is 20.2 Å². The van der Waals surface area contributed by atoms with Gasteiger partial charge in [0.25, 0.3) is 5.69 Å². The van der Waals surface area contributed by atoms with Crippen molar-refractivity contribution in [3.63, 3.8) is 0 Å². The summed E-state index contributed by atoms with van der Waals surface area (Å²) in [6.07, 6.45) is 0.194. The minimum atomic E-state index is -1.13. The lowest BCUT2D eigenvalue weighted by atomic mass is 10.2. The fourth-order valence-electron chi connectivity index (χ4n) is 1.02. The Bertz CT molecular complexity index is 459. The van der Waals surface area contributed by atoms with Crippen molar-refractivity contribution < 1.29 is 9.96 Å². The number of non-ortho nitro benzene ring substituents is 1. The molecule has 96 valence electrons. The standard InChI is InChI=1S/C8H10N6O4/c9-8(12-14(17)18)11-10-5-6-1-3-7(4-2-6)13(15)16/h1-5,8,11-12H,9H2/b10-5-/t8-/m1/s1. The molecule has 1 rings (SSSR count). The smallest absolute Gasteiger partial charge is 0.269 e. The average molecular weight is 254 g/mol. The number of nitrogens with one attached hydrogen (secondary N) is 2. The monoisotopic (exact) mass is 254 g/mol. The molecule has 0 aromatic heterocycles. The largest absolute Gasteiger partial charge is 0.289 e. The van der Waals surface area contributed by atoms with Crippen LogP contribution in [0, 0.1) is 20.2 Å². The Morgan fingerprint density at radius 1 is 1.28 bits per heavy atom.